The van der Waals surface area contributed by atoms with E-state index in [0.29, 0.717) is 11.7 Å². The lowest BCUT2D eigenvalue weighted by Gasteiger charge is -2.31. The Labute approximate surface area is 87.7 Å². The second kappa shape index (κ2) is 5.50. The Morgan fingerprint density at radius 3 is 2.79 bits per heavy atom. The highest BCUT2D eigenvalue weighted by atomic mass is 16.1. The fourth-order valence-corrected chi connectivity index (χ4v) is 2.03. The first kappa shape index (κ1) is 11.7. The number of carbonyl (C=O) groups is 1. The summed E-state index contributed by atoms with van der Waals surface area (Å²) in [4.78, 5) is 13.7. The first-order valence-electron chi connectivity index (χ1n) is 5.82. The van der Waals surface area contributed by atoms with E-state index in [4.69, 9.17) is 0 Å². The minimum absolute atomic E-state index is 0.316. The Morgan fingerprint density at radius 1 is 1.50 bits per heavy atom. The van der Waals surface area contributed by atoms with Gasteiger partial charge in [-0.25, -0.2) is 0 Å². The molecular weight excluding hydrogens is 174 g/mol. The van der Waals surface area contributed by atoms with Crippen molar-refractivity contribution in [2.24, 2.45) is 11.8 Å². The van der Waals surface area contributed by atoms with Gasteiger partial charge in [-0.1, -0.05) is 13.8 Å². The molecule has 14 heavy (non-hydrogen) atoms. The molecule has 0 radical (unpaired) electrons. The van der Waals surface area contributed by atoms with E-state index in [2.05, 4.69) is 18.7 Å². The largest absolute Gasteiger partial charge is 0.303 e. The number of Topliss-reactive ketones (excluding diaryl/α,β-unsaturated/α-hetero) is 1. The Kier molecular flexibility index (Phi) is 4.59. The maximum atomic E-state index is 11.3. The van der Waals surface area contributed by atoms with E-state index in [9.17, 15) is 4.79 Å². The highest BCUT2D eigenvalue weighted by molar-refractivity contribution is 5.78. The minimum Gasteiger partial charge on any atom is -0.303 e. The monoisotopic (exact) mass is 197 g/mol. The summed E-state index contributed by atoms with van der Waals surface area (Å²) >= 11 is 0. The zero-order chi connectivity index (χ0) is 10.6. The second-order valence-electron chi connectivity index (χ2n) is 4.93. The van der Waals surface area contributed by atoms with Gasteiger partial charge in [-0.15, -0.1) is 0 Å². The van der Waals surface area contributed by atoms with Crippen molar-refractivity contribution in [3.63, 3.8) is 0 Å². The Hall–Kier alpha value is -0.370. The fourth-order valence-electron chi connectivity index (χ4n) is 2.03. The summed E-state index contributed by atoms with van der Waals surface area (Å²) in [6, 6.07) is 0. The summed E-state index contributed by atoms with van der Waals surface area (Å²) in [7, 11) is 0. The third kappa shape index (κ3) is 3.79. The third-order valence-electron chi connectivity index (χ3n) is 3.10. The molecule has 0 aromatic rings. The van der Waals surface area contributed by atoms with Crippen LogP contribution in [-0.4, -0.2) is 30.3 Å². The van der Waals surface area contributed by atoms with E-state index >= 15 is 0 Å². The molecule has 1 aliphatic heterocycles. The molecule has 1 atom stereocenters. The van der Waals surface area contributed by atoms with Gasteiger partial charge in [0.2, 0.25) is 0 Å². The summed E-state index contributed by atoms with van der Waals surface area (Å²) in [5.41, 5.74) is 0. The van der Waals surface area contributed by atoms with Crippen LogP contribution in [0.1, 0.15) is 40.0 Å². The number of carbonyl (C=O) groups excluding carboxylic acids is 1. The number of rotatable bonds is 4. The molecule has 1 saturated heterocycles. The molecule has 0 spiro atoms. The van der Waals surface area contributed by atoms with Crippen molar-refractivity contribution in [2.45, 2.75) is 40.0 Å². The van der Waals surface area contributed by atoms with Crippen molar-refractivity contribution < 1.29 is 4.79 Å². The lowest BCUT2D eigenvalue weighted by atomic mass is 9.94. The van der Waals surface area contributed by atoms with Crippen molar-refractivity contribution in [2.75, 3.05) is 19.6 Å². The van der Waals surface area contributed by atoms with Gasteiger partial charge in [0.05, 0.1) is 0 Å². The van der Waals surface area contributed by atoms with Crippen LogP contribution in [0.5, 0.6) is 0 Å². The van der Waals surface area contributed by atoms with Gasteiger partial charge in [-0.3, -0.25) is 4.79 Å². The molecule has 0 aromatic carbocycles. The lowest BCUT2D eigenvalue weighted by Crippen LogP contribution is -2.38. The molecule has 0 N–H and O–H groups in total. The van der Waals surface area contributed by atoms with Crippen molar-refractivity contribution >= 4 is 5.78 Å². The molecule has 2 nitrogen and oxygen atoms in total. The Morgan fingerprint density at radius 2 is 2.21 bits per heavy atom. The van der Waals surface area contributed by atoms with Crippen molar-refractivity contribution in [3.8, 4) is 0 Å². The number of hydrogen-bond donors (Lipinski definition) is 0. The quantitative estimate of drug-likeness (QED) is 0.689. The first-order valence-corrected chi connectivity index (χ1v) is 5.82. The molecule has 1 aliphatic rings. The number of piperidine rings is 1. The first-order chi connectivity index (χ1) is 6.59. The number of nitrogens with zero attached hydrogens (tertiary/aromatic N) is 1. The molecule has 82 valence electrons. The highest BCUT2D eigenvalue weighted by Crippen LogP contribution is 2.17. The van der Waals surface area contributed by atoms with Crippen LogP contribution in [0, 0.1) is 11.8 Å². The standard InChI is InChI=1S/C12H23NO/c1-10(2)6-8-13-7-4-5-12(9-13)11(3)14/h10,12H,4-9H2,1-3H3. The minimum atomic E-state index is 0.316. The number of hydrogen-bond acceptors (Lipinski definition) is 2. The van der Waals surface area contributed by atoms with E-state index in [1.54, 1.807) is 6.92 Å². The van der Waals surface area contributed by atoms with Gasteiger partial charge in [0.15, 0.2) is 0 Å². The molecule has 0 aromatic heterocycles. The maximum Gasteiger partial charge on any atom is 0.134 e. The topological polar surface area (TPSA) is 20.3 Å². The second-order valence-corrected chi connectivity index (χ2v) is 4.93. The zero-order valence-corrected chi connectivity index (χ0v) is 9.75. The van der Waals surface area contributed by atoms with Gasteiger partial charge < -0.3 is 4.90 Å². The van der Waals surface area contributed by atoms with Gasteiger partial charge in [0, 0.05) is 12.5 Å². The molecule has 0 aliphatic carbocycles. The third-order valence-corrected chi connectivity index (χ3v) is 3.10. The predicted molar refractivity (Wildman–Crippen MR) is 59.3 cm³/mol. The maximum absolute atomic E-state index is 11.3. The Bertz CT molecular complexity index is 189. The van der Waals surface area contributed by atoms with Gasteiger partial charge >= 0.3 is 0 Å². The smallest absolute Gasteiger partial charge is 0.134 e. The summed E-state index contributed by atoms with van der Waals surface area (Å²) < 4.78 is 0. The van der Waals surface area contributed by atoms with Crippen LogP contribution in [0.25, 0.3) is 0 Å². The van der Waals surface area contributed by atoms with Crippen LogP contribution in [-0.2, 0) is 4.79 Å². The zero-order valence-electron chi connectivity index (χ0n) is 9.75. The summed E-state index contributed by atoms with van der Waals surface area (Å²) in [6.07, 6.45) is 3.56. The summed E-state index contributed by atoms with van der Waals surface area (Å²) in [6.45, 7) is 9.61. The number of likely N-dealkylation sites (tertiary alicyclic amines) is 1. The summed E-state index contributed by atoms with van der Waals surface area (Å²) in [5.74, 6) is 1.46. The number of ketones is 1. The van der Waals surface area contributed by atoms with Gasteiger partial charge in [0.25, 0.3) is 0 Å². The van der Waals surface area contributed by atoms with Gasteiger partial charge in [-0.2, -0.15) is 0 Å². The van der Waals surface area contributed by atoms with Crippen LogP contribution in [0.15, 0.2) is 0 Å². The lowest BCUT2D eigenvalue weighted by molar-refractivity contribution is -0.122. The van der Waals surface area contributed by atoms with Crippen molar-refractivity contribution in [1.29, 1.82) is 0 Å². The van der Waals surface area contributed by atoms with E-state index in [0.717, 1.165) is 18.9 Å². The van der Waals surface area contributed by atoms with E-state index in [1.807, 2.05) is 0 Å². The van der Waals surface area contributed by atoms with Gasteiger partial charge in [0.1, 0.15) is 5.78 Å². The predicted octanol–water partition coefficient (Wildman–Crippen LogP) is 2.33. The molecule has 1 rings (SSSR count). The molecule has 2 heteroatoms. The fraction of sp³-hybridized carbons (Fsp3) is 0.917. The van der Waals surface area contributed by atoms with Crippen LogP contribution in [0.2, 0.25) is 0 Å². The van der Waals surface area contributed by atoms with Crippen molar-refractivity contribution in [3.05, 3.63) is 0 Å². The van der Waals surface area contributed by atoms with Crippen LogP contribution in [0.4, 0.5) is 0 Å². The molecule has 1 unspecified atom stereocenters. The van der Waals surface area contributed by atoms with E-state index in [1.165, 1.54) is 25.9 Å². The van der Waals surface area contributed by atoms with Gasteiger partial charge in [-0.05, 0) is 45.2 Å². The average Bonchev–Trinajstić information content (AvgIpc) is 2.15. The molecule has 0 saturated carbocycles. The van der Waals surface area contributed by atoms with E-state index < -0.39 is 0 Å². The molecular formula is C12H23NO. The van der Waals surface area contributed by atoms with Crippen LogP contribution in [0.3, 0.4) is 0 Å². The van der Waals surface area contributed by atoms with E-state index in [-0.39, 0.29) is 0 Å². The van der Waals surface area contributed by atoms with Crippen LogP contribution >= 0.6 is 0 Å². The Balaban J connectivity index is 2.29. The van der Waals surface area contributed by atoms with Crippen molar-refractivity contribution in [1.82, 2.24) is 4.90 Å². The molecule has 0 amide bonds. The average molecular weight is 197 g/mol. The molecule has 1 fully saturated rings. The SMILES string of the molecule is CC(=O)C1CCCN(CCC(C)C)C1. The van der Waals surface area contributed by atoms with Crippen LogP contribution < -0.4 is 0 Å². The molecule has 1 heterocycles. The summed E-state index contributed by atoms with van der Waals surface area (Å²) in [5, 5.41) is 0. The molecule has 0 bridgehead atoms. The highest BCUT2D eigenvalue weighted by Gasteiger charge is 2.22. The normalized spacial score (nSPS) is 24.1.